The predicted octanol–water partition coefficient (Wildman–Crippen LogP) is 0.803. The number of benzene rings is 1. The topological polar surface area (TPSA) is 70.8 Å². The van der Waals surface area contributed by atoms with E-state index in [1.54, 1.807) is 7.11 Å². The molecule has 0 saturated carbocycles. The number of nitrogens with two attached hydrogens (primary N) is 1. The first kappa shape index (κ1) is 14.6. The molecule has 3 N–H and O–H groups in total. The molecule has 1 saturated heterocycles. The van der Waals surface area contributed by atoms with Crippen LogP contribution in [0.4, 0.5) is 10.5 Å². The summed E-state index contributed by atoms with van der Waals surface area (Å²) < 4.78 is 5.09. The molecule has 0 radical (unpaired) electrons. The molecule has 0 aromatic heterocycles. The van der Waals surface area contributed by atoms with Crippen LogP contribution >= 0.6 is 0 Å². The van der Waals surface area contributed by atoms with Gasteiger partial charge >= 0.3 is 6.03 Å². The van der Waals surface area contributed by atoms with Crippen molar-refractivity contribution in [3.05, 3.63) is 24.3 Å². The van der Waals surface area contributed by atoms with Crippen LogP contribution in [0.3, 0.4) is 0 Å². The lowest BCUT2D eigenvalue weighted by molar-refractivity contribution is 0.149. The number of hydrogen-bond acceptors (Lipinski definition) is 4. The van der Waals surface area contributed by atoms with Crippen molar-refractivity contribution in [2.45, 2.75) is 0 Å². The van der Waals surface area contributed by atoms with Gasteiger partial charge in [0.25, 0.3) is 0 Å². The van der Waals surface area contributed by atoms with Crippen LogP contribution in [0, 0.1) is 0 Å². The van der Waals surface area contributed by atoms with E-state index in [1.807, 2.05) is 29.2 Å². The van der Waals surface area contributed by atoms with Gasteiger partial charge in [0.2, 0.25) is 0 Å². The van der Waals surface area contributed by atoms with Gasteiger partial charge in [-0.2, -0.15) is 0 Å². The maximum Gasteiger partial charge on any atom is 0.321 e. The molecule has 2 rings (SSSR count). The van der Waals surface area contributed by atoms with Crippen molar-refractivity contribution in [3.8, 4) is 5.75 Å². The molecule has 20 heavy (non-hydrogen) atoms. The summed E-state index contributed by atoms with van der Waals surface area (Å²) in [4.78, 5) is 16.2. The SMILES string of the molecule is COc1ccc(NC(=O)N2CCN(CCN)CC2)cc1. The average Bonchev–Trinajstić information content (AvgIpc) is 2.49. The van der Waals surface area contributed by atoms with Gasteiger partial charge in [0.15, 0.2) is 0 Å². The lowest BCUT2D eigenvalue weighted by atomic mass is 10.3. The zero-order chi connectivity index (χ0) is 14.4. The van der Waals surface area contributed by atoms with E-state index in [-0.39, 0.29) is 6.03 Å². The van der Waals surface area contributed by atoms with Crippen molar-refractivity contribution in [1.29, 1.82) is 0 Å². The molecule has 1 aliphatic rings. The van der Waals surface area contributed by atoms with Crippen molar-refractivity contribution in [2.24, 2.45) is 5.73 Å². The second-order valence-corrected chi connectivity index (χ2v) is 4.78. The molecule has 0 spiro atoms. The number of nitrogens with one attached hydrogen (secondary N) is 1. The van der Waals surface area contributed by atoms with Gasteiger partial charge in [0.05, 0.1) is 7.11 Å². The Bertz CT molecular complexity index is 427. The summed E-state index contributed by atoms with van der Waals surface area (Å²) in [5.74, 6) is 0.776. The molecule has 1 heterocycles. The van der Waals surface area contributed by atoms with Gasteiger partial charge in [0, 0.05) is 45.0 Å². The van der Waals surface area contributed by atoms with Crippen LogP contribution in [0.2, 0.25) is 0 Å². The minimum absolute atomic E-state index is 0.0532. The standard InChI is InChI=1S/C14H22N4O2/c1-20-13-4-2-12(3-5-13)16-14(19)18-10-8-17(7-6-15)9-11-18/h2-5H,6-11,15H2,1H3,(H,16,19). The molecule has 6 nitrogen and oxygen atoms in total. The van der Waals surface area contributed by atoms with Gasteiger partial charge in [-0.05, 0) is 24.3 Å². The molecule has 0 bridgehead atoms. The maximum absolute atomic E-state index is 12.1. The Balaban J connectivity index is 1.83. The second kappa shape index (κ2) is 7.12. The molecule has 110 valence electrons. The van der Waals surface area contributed by atoms with Crippen LogP contribution < -0.4 is 15.8 Å². The number of carbonyl (C=O) groups excluding carboxylic acids is 1. The molecule has 1 aromatic rings. The highest BCUT2D eigenvalue weighted by Gasteiger charge is 2.20. The van der Waals surface area contributed by atoms with Crippen LogP contribution in [-0.4, -0.2) is 62.2 Å². The summed E-state index contributed by atoms with van der Waals surface area (Å²) in [6.45, 7) is 4.80. The highest BCUT2D eigenvalue weighted by Crippen LogP contribution is 2.15. The van der Waals surface area contributed by atoms with Crippen molar-refractivity contribution in [1.82, 2.24) is 9.80 Å². The number of amides is 2. The van der Waals surface area contributed by atoms with E-state index in [0.717, 1.165) is 44.2 Å². The summed E-state index contributed by atoms with van der Waals surface area (Å²) in [6.07, 6.45) is 0. The Morgan fingerprint density at radius 3 is 2.45 bits per heavy atom. The van der Waals surface area contributed by atoms with Crippen LogP contribution in [0.25, 0.3) is 0 Å². The smallest absolute Gasteiger partial charge is 0.321 e. The fourth-order valence-electron chi connectivity index (χ4n) is 2.23. The van der Waals surface area contributed by atoms with E-state index < -0.39 is 0 Å². The minimum Gasteiger partial charge on any atom is -0.497 e. The van der Waals surface area contributed by atoms with Crippen molar-refractivity contribution >= 4 is 11.7 Å². The number of urea groups is 1. The van der Waals surface area contributed by atoms with Gasteiger partial charge in [-0.25, -0.2) is 4.79 Å². The van der Waals surface area contributed by atoms with Crippen LogP contribution in [-0.2, 0) is 0 Å². The van der Waals surface area contributed by atoms with Crippen molar-refractivity contribution < 1.29 is 9.53 Å². The first-order chi connectivity index (χ1) is 9.72. The second-order valence-electron chi connectivity index (χ2n) is 4.78. The van der Waals surface area contributed by atoms with Gasteiger partial charge < -0.3 is 20.7 Å². The summed E-state index contributed by atoms with van der Waals surface area (Å²) in [6, 6.07) is 7.27. The molecular formula is C14H22N4O2. The van der Waals surface area contributed by atoms with Gasteiger partial charge in [0.1, 0.15) is 5.75 Å². The van der Waals surface area contributed by atoms with E-state index >= 15 is 0 Å². The molecule has 0 unspecified atom stereocenters. The molecular weight excluding hydrogens is 256 g/mol. The highest BCUT2D eigenvalue weighted by molar-refractivity contribution is 5.89. The van der Waals surface area contributed by atoms with Gasteiger partial charge in [-0.1, -0.05) is 0 Å². The fraction of sp³-hybridized carbons (Fsp3) is 0.500. The summed E-state index contributed by atoms with van der Waals surface area (Å²) >= 11 is 0. The quantitative estimate of drug-likeness (QED) is 0.855. The predicted molar refractivity (Wildman–Crippen MR) is 79.1 cm³/mol. The van der Waals surface area contributed by atoms with Crippen molar-refractivity contribution in [3.63, 3.8) is 0 Å². The number of piperazine rings is 1. The van der Waals surface area contributed by atoms with Crippen LogP contribution in [0.1, 0.15) is 0 Å². The lowest BCUT2D eigenvalue weighted by Gasteiger charge is -2.34. The average molecular weight is 278 g/mol. The lowest BCUT2D eigenvalue weighted by Crippen LogP contribution is -2.50. The first-order valence-corrected chi connectivity index (χ1v) is 6.85. The Labute approximate surface area is 119 Å². The van der Waals surface area contributed by atoms with E-state index in [1.165, 1.54) is 0 Å². The number of hydrogen-bond donors (Lipinski definition) is 2. The fourth-order valence-corrected chi connectivity index (χ4v) is 2.23. The zero-order valence-corrected chi connectivity index (χ0v) is 11.8. The Hall–Kier alpha value is -1.79. The molecule has 0 atom stereocenters. The van der Waals surface area contributed by atoms with Crippen LogP contribution in [0.5, 0.6) is 5.75 Å². The normalized spacial score (nSPS) is 16.0. The Kier molecular flexibility index (Phi) is 5.20. The molecule has 2 amide bonds. The highest BCUT2D eigenvalue weighted by atomic mass is 16.5. The number of nitrogens with zero attached hydrogens (tertiary/aromatic N) is 2. The summed E-state index contributed by atoms with van der Waals surface area (Å²) in [5.41, 5.74) is 6.31. The molecule has 1 aliphatic heterocycles. The van der Waals surface area contributed by atoms with E-state index in [0.29, 0.717) is 6.54 Å². The minimum atomic E-state index is -0.0532. The third-order valence-corrected chi connectivity index (χ3v) is 3.45. The molecule has 1 fully saturated rings. The summed E-state index contributed by atoms with van der Waals surface area (Å²) in [7, 11) is 1.62. The van der Waals surface area contributed by atoms with Gasteiger partial charge in [-0.3, -0.25) is 4.90 Å². The number of rotatable bonds is 4. The number of anilines is 1. The molecule has 6 heteroatoms. The number of methoxy groups -OCH3 is 1. The third kappa shape index (κ3) is 3.85. The van der Waals surface area contributed by atoms with Crippen LogP contribution in [0.15, 0.2) is 24.3 Å². The monoisotopic (exact) mass is 278 g/mol. The Morgan fingerprint density at radius 2 is 1.90 bits per heavy atom. The third-order valence-electron chi connectivity index (χ3n) is 3.45. The Morgan fingerprint density at radius 1 is 1.25 bits per heavy atom. The molecule has 0 aliphatic carbocycles. The van der Waals surface area contributed by atoms with Gasteiger partial charge in [-0.15, -0.1) is 0 Å². The largest absolute Gasteiger partial charge is 0.497 e. The maximum atomic E-state index is 12.1. The van der Waals surface area contributed by atoms with Crippen molar-refractivity contribution in [2.75, 3.05) is 51.7 Å². The van der Waals surface area contributed by atoms with E-state index in [9.17, 15) is 4.79 Å². The van der Waals surface area contributed by atoms with E-state index in [4.69, 9.17) is 10.5 Å². The molecule has 1 aromatic carbocycles. The van der Waals surface area contributed by atoms with E-state index in [2.05, 4.69) is 10.2 Å². The number of ether oxygens (including phenoxy) is 1. The zero-order valence-electron chi connectivity index (χ0n) is 11.8. The first-order valence-electron chi connectivity index (χ1n) is 6.85. The number of carbonyl (C=O) groups is 1. The summed E-state index contributed by atoms with van der Waals surface area (Å²) in [5, 5.41) is 2.90.